The third-order valence-electron chi connectivity index (χ3n) is 3.71. The first-order valence-electron chi connectivity index (χ1n) is 7.67. The van der Waals surface area contributed by atoms with E-state index in [4.69, 9.17) is 4.52 Å². The van der Waals surface area contributed by atoms with Crippen LogP contribution < -0.4 is 5.32 Å². The number of aromatic nitrogens is 5. The van der Waals surface area contributed by atoms with Crippen molar-refractivity contribution in [1.82, 2.24) is 30.1 Å². The lowest BCUT2D eigenvalue weighted by atomic mass is 10.1. The molecule has 3 heterocycles. The Bertz CT molecular complexity index is 1020. The molecule has 0 spiro atoms. The second-order valence-corrected chi connectivity index (χ2v) is 5.40. The summed E-state index contributed by atoms with van der Waals surface area (Å²) in [6, 6.07) is 11.4. The van der Waals surface area contributed by atoms with Gasteiger partial charge in [-0.3, -0.25) is 4.79 Å². The number of amides is 1. The van der Waals surface area contributed by atoms with Gasteiger partial charge >= 0.3 is 0 Å². The van der Waals surface area contributed by atoms with Crippen molar-refractivity contribution in [2.45, 2.75) is 6.42 Å². The zero-order valence-corrected chi connectivity index (χ0v) is 13.4. The predicted octanol–water partition coefficient (Wildman–Crippen LogP) is 1.73. The minimum atomic E-state index is -0.179. The fourth-order valence-corrected chi connectivity index (χ4v) is 2.46. The summed E-state index contributed by atoms with van der Waals surface area (Å²) < 4.78 is 6.85. The third kappa shape index (κ3) is 2.97. The van der Waals surface area contributed by atoms with Crippen molar-refractivity contribution in [1.29, 1.82) is 0 Å². The van der Waals surface area contributed by atoms with Crippen LogP contribution in [0.4, 0.5) is 0 Å². The van der Waals surface area contributed by atoms with Crippen molar-refractivity contribution in [2.24, 2.45) is 0 Å². The van der Waals surface area contributed by atoms with Crippen LogP contribution in [0.2, 0.25) is 0 Å². The van der Waals surface area contributed by atoms with E-state index in [2.05, 4.69) is 25.5 Å². The molecule has 4 rings (SSSR count). The normalized spacial score (nSPS) is 10.9. The molecule has 124 valence electrons. The fraction of sp³-hybridized carbons (Fsp3) is 0.118. The number of likely N-dealkylation sites (N-methyl/N-ethyl adjacent to an activating group) is 1. The highest BCUT2D eigenvalue weighted by atomic mass is 16.5. The van der Waals surface area contributed by atoms with Crippen LogP contribution >= 0.6 is 0 Å². The van der Waals surface area contributed by atoms with E-state index in [1.807, 2.05) is 42.6 Å². The Kier molecular flexibility index (Phi) is 3.70. The number of nitrogens with zero attached hydrogens (tertiary/aromatic N) is 5. The largest absolute Gasteiger partial charge is 0.359 e. The van der Waals surface area contributed by atoms with Crippen LogP contribution in [0, 0.1) is 0 Å². The predicted molar refractivity (Wildman–Crippen MR) is 89.5 cm³/mol. The summed E-state index contributed by atoms with van der Waals surface area (Å²) in [5, 5.41) is 10.7. The Morgan fingerprint density at radius 3 is 2.92 bits per heavy atom. The molecule has 1 aromatic carbocycles. The van der Waals surface area contributed by atoms with Crippen molar-refractivity contribution in [3.05, 3.63) is 54.7 Å². The standard InChI is InChI=1S/C17H14N6O2/c1-18-15(24)9-16-21-17(22-25-16)12-5-2-4-11(8-12)13-10-23-14(20-13)6-3-7-19-23/h2-8,10H,9H2,1H3,(H,18,24). The summed E-state index contributed by atoms with van der Waals surface area (Å²) in [5.74, 6) is 0.528. The SMILES string of the molecule is CNC(=O)Cc1nc(-c2cccc(-c3cn4ncccc4n3)c2)no1. The number of rotatable bonds is 4. The second-order valence-electron chi connectivity index (χ2n) is 5.40. The first-order valence-corrected chi connectivity index (χ1v) is 7.67. The molecule has 1 N–H and O–H groups in total. The zero-order chi connectivity index (χ0) is 17.2. The number of hydrogen-bond donors (Lipinski definition) is 1. The van der Waals surface area contributed by atoms with Gasteiger partial charge in [0.05, 0.1) is 11.9 Å². The van der Waals surface area contributed by atoms with Crippen LogP contribution in [-0.2, 0) is 11.2 Å². The van der Waals surface area contributed by atoms with Crippen molar-refractivity contribution in [2.75, 3.05) is 7.05 Å². The van der Waals surface area contributed by atoms with Gasteiger partial charge in [0, 0.05) is 24.4 Å². The van der Waals surface area contributed by atoms with E-state index in [0.29, 0.717) is 5.82 Å². The minimum Gasteiger partial charge on any atom is -0.359 e. The van der Waals surface area contributed by atoms with Crippen LogP contribution in [0.3, 0.4) is 0 Å². The quantitative estimate of drug-likeness (QED) is 0.610. The Morgan fingerprint density at radius 1 is 1.20 bits per heavy atom. The van der Waals surface area contributed by atoms with Crippen LogP contribution in [0.25, 0.3) is 28.3 Å². The lowest BCUT2D eigenvalue weighted by Gasteiger charge is -1.99. The molecule has 0 aliphatic rings. The lowest BCUT2D eigenvalue weighted by Crippen LogP contribution is -2.20. The summed E-state index contributed by atoms with van der Waals surface area (Å²) in [7, 11) is 1.56. The van der Waals surface area contributed by atoms with Gasteiger partial charge in [0.2, 0.25) is 17.6 Å². The molecule has 0 saturated carbocycles. The van der Waals surface area contributed by atoms with Crippen LogP contribution in [0.5, 0.6) is 0 Å². The molecule has 4 aromatic rings. The van der Waals surface area contributed by atoms with E-state index >= 15 is 0 Å². The van der Waals surface area contributed by atoms with Crippen LogP contribution in [0.1, 0.15) is 5.89 Å². The fourth-order valence-electron chi connectivity index (χ4n) is 2.46. The van der Waals surface area contributed by atoms with Gasteiger partial charge in [-0.15, -0.1) is 0 Å². The van der Waals surface area contributed by atoms with E-state index in [0.717, 1.165) is 22.5 Å². The minimum absolute atomic E-state index is 0.0568. The average molecular weight is 334 g/mol. The van der Waals surface area contributed by atoms with Crippen molar-refractivity contribution >= 4 is 11.6 Å². The number of fused-ring (bicyclic) bond motifs is 1. The molecule has 0 aliphatic carbocycles. The van der Waals surface area contributed by atoms with Gasteiger partial charge in [0.1, 0.15) is 6.42 Å². The number of benzene rings is 1. The third-order valence-corrected chi connectivity index (χ3v) is 3.71. The number of nitrogens with one attached hydrogen (secondary N) is 1. The molecular weight excluding hydrogens is 320 g/mol. The van der Waals surface area contributed by atoms with Crippen molar-refractivity contribution < 1.29 is 9.32 Å². The van der Waals surface area contributed by atoms with E-state index in [1.54, 1.807) is 17.8 Å². The number of carbonyl (C=O) groups is 1. The molecule has 3 aromatic heterocycles. The zero-order valence-electron chi connectivity index (χ0n) is 13.4. The molecule has 1 amide bonds. The molecule has 0 fully saturated rings. The summed E-state index contributed by atoms with van der Waals surface area (Å²) in [4.78, 5) is 20.2. The van der Waals surface area contributed by atoms with Gasteiger partial charge < -0.3 is 9.84 Å². The Balaban J connectivity index is 1.66. The van der Waals surface area contributed by atoms with Crippen molar-refractivity contribution in [3.8, 4) is 22.6 Å². The van der Waals surface area contributed by atoms with Crippen LogP contribution in [-0.4, -0.2) is 37.7 Å². The summed E-state index contributed by atoms with van der Waals surface area (Å²) in [5.41, 5.74) is 3.28. The molecule has 0 aliphatic heterocycles. The van der Waals surface area contributed by atoms with Gasteiger partial charge in [0.25, 0.3) is 0 Å². The molecule has 0 saturated heterocycles. The van der Waals surface area contributed by atoms with Crippen molar-refractivity contribution in [3.63, 3.8) is 0 Å². The van der Waals surface area contributed by atoms with Gasteiger partial charge in [-0.1, -0.05) is 23.4 Å². The highest BCUT2D eigenvalue weighted by molar-refractivity contribution is 5.77. The first-order chi connectivity index (χ1) is 12.2. The van der Waals surface area contributed by atoms with Gasteiger partial charge in [-0.2, -0.15) is 10.1 Å². The molecule has 0 radical (unpaired) electrons. The van der Waals surface area contributed by atoms with E-state index in [9.17, 15) is 4.79 Å². The van der Waals surface area contributed by atoms with Gasteiger partial charge in [-0.25, -0.2) is 9.50 Å². The molecule has 8 heteroatoms. The molecular formula is C17H14N6O2. The Labute approximate surface area is 142 Å². The monoisotopic (exact) mass is 334 g/mol. The summed E-state index contributed by atoms with van der Waals surface area (Å²) in [6.45, 7) is 0. The van der Waals surface area contributed by atoms with Gasteiger partial charge in [0.15, 0.2) is 5.65 Å². The summed E-state index contributed by atoms with van der Waals surface area (Å²) in [6.07, 6.45) is 3.63. The molecule has 8 nitrogen and oxygen atoms in total. The average Bonchev–Trinajstić information content (AvgIpc) is 3.28. The van der Waals surface area contributed by atoms with E-state index in [1.165, 1.54) is 0 Å². The Morgan fingerprint density at radius 2 is 2.08 bits per heavy atom. The molecule has 0 bridgehead atoms. The smallest absolute Gasteiger partial charge is 0.236 e. The number of carbonyl (C=O) groups excluding carboxylic acids is 1. The van der Waals surface area contributed by atoms with E-state index < -0.39 is 0 Å². The van der Waals surface area contributed by atoms with Gasteiger partial charge in [-0.05, 0) is 18.2 Å². The first kappa shape index (κ1) is 15.0. The molecule has 0 unspecified atom stereocenters. The highest BCUT2D eigenvalue weighted by Crippen LogP contribution is 2.24. The lowest BCUT2D eigenvalue weighted by molar-refractivity contribution is -0.120. The van der Waals surface area contributed by atoms with Crippen LogP contribution in [0.15, 0.2) is 53.3 Å². The maximum Gasteiger partial charge on any atom is 0.236 e. The summed E-state index contributed by atoms with van der Waals surface area (Å²) >= 11 is 0. The topological polar surface area (TPSA) is 98.2 Å². The number of hydrogen-bond acceptors (Lipinski definition) is 6. The van der Waals surface area contributed by atoms with E-state index in [-0.39, 0.29) is 18.2 Å². The second kappa shape index (κ2) is 6.16. The highest BCUT2D eigenvalue weighted by Gasteiger charge is 2.13. The maximum absolute atomic E-state index is 11.4. The number of imidazole rings is 1. The molecule has 0 atom stereocenters. The Hall–Kier alpha value is -3.55. The molecule has 25 heavy (non-hydrogen) atoms. The maximum atomic E-state index is 11.4.